The second-order valence-electron chi connectivity index (χ2n) is 37.0. The van der Waals surface area contributed by atoms with Gasteiger partial charge in [0.25, 0.3) is 0 Å². The Labute approximate surface area is 726 Å². The molecule has 23 rings (SSSR count). The molecular weight excluding hydrogens is 1560 g/mol. The fourth-order valence-electron chi connectivity index (χ4n) is 17.5. The SMILES string of the molecule is CC1(C)OB(c2ccc(-c3cccc4c3sc3ccc5ccccc5c34)cc2)OC1(C)C.CC1(C)OB(c2cccc(-c3cccc(-c4cccc5c4sc4c6ccccc6ccc54)c3)c2)OC1(C)C.CC1(C)OB(c2cccc3c2oc2ccc4ccccc4c23)OC1(C)C.CC1(C)OB(c2cccc3c2sc2ccc4ccccc4c23)OC1(C)C. The molecule has 0 amide bonds. The lowest BCUT2D eigenvalue weighted by Crippen LogP contribution is -2.41. The first-order valence-electron chi connectivity index (χ1n) is 42.4. The van der Waals surface area contributed by atoms with Crippen LogP contribution >= 0.6 is 34.0 Å². The summed E-state index contributed by atoms with van der Waals surface area (Å²) in [6.07, 6.45) is 0. The van der Waals surface area contributed by atoms with Crippen LogP contribution in [0.2, 0.25) is 0 Å². The molecule has 16 heteroatoms. The average molecular weight is 1650 g/mol. The van der Waals surface area contributed by atoms with Gasteiger partial charge in [-0.15, -0.1) is 34.0 Å². The maximum Gasteiger partial charge on any atom is 0.498 e. The summed E-state index contributed by atoms with van der Waals surface area (Å²) in [6.45, 7) is 33.4. The molecule has 4 saturated heterocycles. The molecule has 0 saturated carbocycles. The number of hydrogen-bond acceptors (Lipinski definition) is 12. The van der Waals surface area contributed by atoms with Crippen LogP contribution in [0, 0.1) is 0 Å². The first kappa shape index (κ1) is 80.2. The second kappa shape index (κ2) is 29.7. The maximum atomic E-state index is 6.33. The van der Waals surface area contributed by atoms with Crippen molar-refractivity contribution >= 4 is 210 Å². The van der Waals surface area contributed by atoms with Crippen molar-refractivity contribution in [1.29, 1.82) is 0 Å². The van der Waals surface area contributed by atoms with Gasteiger partial charge in [-0.25, -0.2) is 0 Å². The molecule has 19 aromatic rings. The van der Waals surface area contributed by atoms with Crippen LogP contribution in [-0.4, -0.2) is 73.3 Å². The summed E-state index contributed by atoms with van der Waals surface area (Å²) in [6, 6.07) is 104. The summed E-state index contributed by atoms with van der Waals surface area (Å²) < 4.78 is 64.5. The monoisotopic (exact) mass is 1650 g/mol. The number of thiophene rings is 3. The molecule has 604 valence electrons. The van der Waals surface area contributed by atoms with Crippen LogP contribution in [0.4, 0.5) is 0 Å². The van der Waals surface area contributed by atoms with Crippen LogP contribution in [0.25, 0.3) is 159 Å². The molecule has 0 aliphatic carbocycles. The van der Waals surface area contributed by atoms with E-state index in [4.69, 9.17) is 41.7 Å². The topological polar surface area (TPSA) is 87.0 Å². The molecule has 122 heavy (non-hydrogen) atoms. The zero-order valence-electron chi connectivity index (χ0n) is 71.9. The van der Waals surface area contributed by atoms with Gasteiger partial charge in [0.15, 0.2) is 0 Å². The Morgan fingerprint density at radius 1 is 0.221 bits per heavy atom. The predicted molar refractivity (Wildman–Crippen MR) is 521 cm³/mol. The molecule has 8 heterocycles. The van der Waals surface area contributed by atoms with Crippen LogP contribution in [-0.2, 0) is 37.2 Å². The van der Waals surface area contributed by atoms with Gasteiger partial charge in [0.2, 0.25) is 0 Å². The second-order valence-corrected chi connectivity index (χ2v) is 40.2. The standard InChI is InChI=1S/C34H29BO2S.C28H25BO2S.C22H21BO3.C22H21BO2S/c1-33(2)34(3,4)37-35(36-33)26-14-8-12-24(21-26)23-11-7-13-25(20-23)28-16-9-17-29-30-19-18-22-10-5-6-15-27(22)31(30)38-32(28)29;1-27(2)28(3,4)31-29(30-27)20-15-12-19(13-16-20)22-10-7-11-23-25-21-9-6-5-8-18(21)14-17-24(25)32-26(22)23;1-21(2)22(3,4)26-23(25-21)17-11-7-10-16-19-15-9-6-5-8-14(15)12-13-18(19)24-20(16)17;1-21(2)22(3,4)25-23(24-21)17-11-7-10-16-19-15-9-6-5-8-14(15)12-13-18(19)26-20(16)17/h5-21H,1-4H3;5-17H,1-4H3;2*5-13H,1-4H3. The number of hydrogen-bond donors (Lipinski definition) is 0. The van der Waals surface area contributed by atoms with Crippen LogP contribution in [0.1, 0.15) is 111 Å². The van der Waals surface area contributed by atoms with E-state index in [0.717, 1.165) is 49.4 Å². The average Bonchev–Trinajstić information content (AvgIpc) is 1.59. The Morgan fingerprint density at radius 3 is 1.15 bits per heavy atom. The Morgan fingerprint density at radius 2 is 0.590 bits per heavy atom. The number of furan rings is 1. The minimum absolute atomic E-state index is 0.330. The number of benzene rings is 15. The zero-order valence-corrected chi connectivity index (χ0v) is 74.4. The van der Waals surface area contributed by atoms with E-state index in [2.05, 4.69) is 390 Å². The number of para-hydroxylation sites is 1. The largest absolute Gasteiger partial charge is 0.498 e. The highest BCUT2D eigenvalue weighted by molar-refractivity contribution is 7.28. The highest BCUT2D eigenvalue weighted by Crippen LogP contribution is 2.49. The van der Waals surface area contributed by atoms with E-state index in [1.165, 1.54) is 131 Å². The molecular formula is C106H96B4O9S3. The van der Waals surface area contributed by atoms with E-state index in [1.807, 2.05) is 46.1 Å². The van der Waals surface area contributed by atoms with E-state index < -0.39 is 7.12 Å². The third-order valence-corrected chi connectivity index (χ3v) is 31.0. The van der Waals surface area contributed by atoms with Crippen molar-refractivity contribution in [3.8, 4) is 33.4 Å². The summed E-state index contributed by atoms with van der Waals surface area (Å²) in [5, 5.41) is 20.4. The van der Waals surface area contributed by atoms with Crippen molar-refractivity contribution in [1.82, 2.24) is 0 Å². The Hall–Kier alpha value is -10.3. The number of rotatable bonds is 7. The smallest absolute Gasteiger partial charge is 0.456 e. The van der Waals surface area contributed by atoms with Gasteiger partial charge in [0.1, 0.15) is 11.2 Å². The van der Waals surface area contributed by atoms with Gasteiger partial charge in [0, 0.05) is 82.2 Å². The van der Waals surface area contributed by atoms with E-state index in [0.29, 0.717) is 0 Å². The number of fused-ring (bicyclic) bond motifs is 20. The van der Waals surface area contributed by atoms with Gasteiger partial charge in [0.05, 0.1) is 44.8 Å². The lowest BCUT2D eigenvalue weighted by molar-refractivity contribution is 0.00578. The molecule has 0 bridgehead atoms. The Bertz CT molecular complexity index is 7130. The molecule has 4 fully saturated rings. The van der Waals surface area contributed by atoms with Gasteiger partial charge in [-0.05, 0) is 222 Å². The highest BCUT2D eigenvalue weighted by Gasteiger charge is 2.55. The third-order valence-electron chi connectivity index (χ3n) is 27.3. The summed E-state index contributed by atoms with van der Waals surface area (Å²) in [5.74, 6) is 0. The molecule has 9 nitrogen and oxygen atoms in total. The summed E-state index contributed by atoms with van der Waals surface area (Å²) >= 11 is 5.61. The molecule has 0 spiro atoms. The van der Waals surface area contributed by atoms with Crippen molar-refractivity contribution < 1.29 is 41.7 Å². The summed E-state index contributed by atoms with van der Waals surface area (Å²) in [7, 11) is -1.47. The Balaban J connectivity index is 0.000000105. The van der Waals surface area contributed by atoms with Gasteiger partial charge in [-0.1, -0.05) is 267 Å². The fourth-order valence-corrected chi connectivity index (χ4v) is 21.4. The molecule has 0 radical (unpaired) electrons. The van der Waals surface area contributed by atoms with Crippen LogP contribution < -0.4 is 21.9 Å². The van der Waals surface area contributed by atoms with E-state index in [9.17, 15) is 0 Å². The molecule has 4 aliphatic heterocycles. The maximum absolute atomic E-state index is 6.33. The lowest BCUT2D eigenvalue weighted by Gasteiger charge is -2.32. The summed E-state index contributed by atoms with van der Waals surface area (Å²) in [5.41, 5.74) is 10.5. The van der Waals surface area contributed by atoms with Gasteiger partial charge < -0.3 is 41.7 Å². The zero-order chi connectivity index (χ0) is 84.4. The fraction of sp³-hybridized carbons (Fsp3) is 0.226. The predicted octanol–water partition coefficient (Wildman–Crippen LogP) is 26.6. The highest BCUT2D eigenvalue weighted by atomic mass is 32.1. The van der Waals surface area contributed by atoms with Crippen LogP contribution in [0.3, 0.4) is 0 Å². The lowest BCUT2D eigenvalue weighted by atomic mass is 9.78. The van der Waals surface area contributed by atoms with Gasteiger partial charge in [-0.3, -0.25) is 0 Å². The molecule has 0 N–H and O–H groups in total. The van der Waals surface area contributed by atoms with Gasteiger partial charge in [-0.2, -0.15) is 0 Å². The van der Waals surface area contributed by atoms with E-state index >= 15 is 0 Å². The quantitative estimate of drug-likeness (QED) is 0.145. The minimum atomic E-state index is -0.435. The molecule has 4 aromatic heterocycles. The molecule has 4 aliphatic rings. The van der Waals surface area contributed by atoms with E-state index in [1.54, 1.807) is 0 Å². The normalized spacial score (nSPS) is 17.9. The van der Waals surface area contributed by atoms with Crippen molar-refractivity contribution in [2.45, 2.75) is 156 Å². The minimum Gasteiger partial charge on any atom is -0.456 e. The van der Waals surface area contributed by atoms with Crippen molar-refractivity contribution in [2.75, 3.05) is 0 Å². The molecule has 15 aromatic carbocycles. The molecule has 0 unspecified atom stereocenters. The van der Waals surface area contributed by atoms with Crippen LogP contribution in [0.15, 0.2) is 296 Å². The van der Waals surface area contributed by atoms with Crippen LogP contribution in [0.5, 0.6) is 0 Å². The Kier molecular flexibility index (Phi) is 19.5. The first-order chi connectivity index (χ1) is 58.4. The van der Waals surface area contributed by atoms with Crippen molar-refractivity contribution in [3.05, 3.63) is 291 Å². The molecule has 0 atom stereocenters. The summed E-state index contributed by atoms with van der Waals surface area (Å²) in [4.78, 5) is 0. The van der Waals surface area contributed by atoms with E-state index in [-0.39, 0.29) is 66.2 Å². The van der Waals surface area contributed by atoms with Crippen molar-refractivity contribution in [3.63, 3.8) is 0 Å². The first-order valence-corrected chi connectivity index (χ1v) is 44.9. The third kappa shape index (κ3) is 13.7. The van der Waals surface area contributed by atoms with Crippen molar-refractivity contribution in [2.24, 2.45) is 0 Å². The van der Waals surface area contributed by atoms with Gasteiger partial charge >= 0.3 is 28.5 Å².